The van der Waals surface area contributed by atoms with E-state index >= 15 is 0 Å². The van der Waals surface area contributed by atoms with E-state index in [1.807, 2.05) is 19.2 Å². The Kier molecular flexibility index (Phi) is 3.57. The van der Waals surface area contributed by atoms with Gasteiger partial charge >= 0.3 is 0 Å². The number of hydrogen-bond donors (Lipinski definition) is 1. The van der Waals surface area contributed by atoms with Crippen LogP contribution >= 0.6 is 0 Å². The van der Waals surface area contributed by atoms with Gasteiger partial charge < -0.3 is 14.6 Å². The van der Waals surface area contributed by atoms with Crippen LogP contribution in [-0.4, -0.2) is 31.6 Å². The van der Waals surface area contributed by atoms with Crippen LogP contribution in [0.1, 0.15) is 37.5 Å². The van der Waals surface area contributed by atoms with E-state index in [0.29, 0.717) is 0 Å². The molecule has 0 amide bonds. The maximum absolute atomic E-state index is 6.12. The Labute approximate surface area is 120 Å². The second-order valence-electron chi connectivity index (χ2n) is 6.11. The summed E-state index contributed by atoms with van der Waals surface area (Å²) in [7, 11) is 6.43. The molecule has 2 aromatic rings. The van der Waals surface area contributed by atoms with Crippen LogP contribution in [-0.2, 0) is 0 Å². The first-order valence-corrected chi connectivity index (χ1v) is 7.50. The van der Waals surface area contributed by atoms with Crippen molar-refractivity contribution in [3.8, 4) is 0 Å². The minimum atomic E-state index is 0.169. The molecule has 1 aromatic heterocycles. The van der Waals surface area contributed by atoms with Crippen LogP contribution in [0.15, 0.2) is 34.7 Å². The zero-order chi connectivity index (χ0) is 14.2. The van der Waals surface area contributed by atoms with Gasteiger partial charge in [-0.25, -0.2) is 0 Å². The Hall–Kier alpha value is -1.32. The summed E-state index contributed by atoms with van der Waals surface area (Å²) in [6.45, 7) is 0. The first-order valence-electron chi connectivity index (χ1n) is 7.50. The maximum Gasteiger partial charge on any atom is 0.134 e. The van der Waals surface area contributed by atoms with Crippen molar-refractivity contribution in [2.24, 2.45) is 0 Å². The molecule has 1 N–H and O–H groups in total. The smallest absolute Gasteiger partial charge is 0.134 e. The van der Waals surface area contributed by atoms with Crippen LogP contribution in [0.5, 0.6) is 0 Å². The van der Waals surface area contributed by atoms with Gasteiger partial charge in [-0.15, -0.1) is 0 Å². The minimum absolute atomic E-state index is 0.169. The van der Waals surface area contributed by atoms with Crippen LogP contribution in [0.25, 0.3) is 11.0 Å². The lowest BCUT2D eigenvalue weighted by Crippen LogP contribution is -2.51. The van der Waals surface area contributed by atoms with E-state index in [9.17, 15) is 0 Å². The monoisotopic (exact) mass is 272 g/mol. The zero-order valence-corrected chi connectivity index (χ0v) is 12.6. The second kappa shape index (κ2) is 5.23. The SMILES string of the molecule is CNC(c1cc2ccccc2o1)C1(N(C)C)CCCC1. The fourth-order valence-electron chi connectivity index (χ4n) is 3.80. The van der Waals surface area contributed by atoms with Gasteiger partial charge in [-0.3, -0.25) is 0 Å². The van der Waals surface area contributed by atoms with Gasteiger partial charge in [-0.1, -0.05) is 31.0 Å². The largest absolute Gasteiger partial charge is 0.459 e. The maximum atomic E-state index is 6.12. The van der Waals surface area contributed by atoms with Crippen molar-refractivity contribution >= 4 is 11.0 Å². The van der Waals surface area contributed by atoms with Crippen LogP contribution in [0.4, 0.5) is 0 Å². The fraction of sp³-hybridized carbons (Fsp3) is 0.529. The van der Waals surface area contributed by atoms with Gasteiger partial charge in [0.1, 0.15) is 11.3 Å². The highest BCUT2D eigenvalue weighted by molar-refractivity contribution is 5.77. The number of likely N-dealkylation sites (N-methyl/N-ethyl adjacent to an activating group) is 2. The van der Waals surface area contributed by atoms with Crippen molar-refractivity contribution in [3.63, 3.8) is 0 Å². The van der Waals surface area contributed by atoms with E-state index in [1.165, 1.54) is 31.1 Å². The van der Waals surface area contributed by atoms with Gasteiger partial charge in [-0.2, -0.15) is 0 Å². The summed E-state index contributed by atoms with van der Waals surface area (Å²) in [4.78, 5) is 2.38. The molecule has 1 fully saturated rings. The summed E-state index contributed by atoms with van der Waals surface area (Å²) >= 11 is 0. The molecule has 3 rings (SSSR count). The van der Waals surface area contributed by atoms with Crippen molar-refractivity contribution in [3.05, 3.63) is 36.1 Å². The number of furan rings is 1. The topological polar surface area (TPSA) is 28.4 Å². The van der Waals surface area contributed by atoms with Crippen molar-refractivity contribution in [1.29, 1.82) is 0 Å². The Balaban J connectivity index is 2.04. The van der Waals surface area contributed by atoms with Crippen molar-refractivity contribution in [2.75, 3.05) is 21.1 Å². The highest BCUT2D eigenvalue weighted by Crippen LogP contribution is 2.44. The molecule has 0 saturated heterocycles. The predicted octanol–water partition coefficient (Wildman–Crippen LogP) is 3.57. The summed E-state index contributed by atoms with van der Waals surface area (Å²) in [5.74, 6) is 1.06. The highest BCUT2D eigenvalue weighted by atomic mass is 16.3. The number of para-hydroxylation sites is 1. The van der Waals surface area contributed by atoms with E-state index in [2.05, 4.69) is 42.5 Å². The van der Waals surface area contributed by atoms with E-state index in [0.717, 1.165) is 11.3 Å². The molecule has 0 bridgehead atoms. The molecule has 1 atom stereocenters. The van der Waals surface area contributed by atoms with Crippen molar-refractivity contribution in [2.45, 2.75) is 37.3 Å². The van der Waals surface area contributed by atoms with Gasteiger partial charge in [0.2, 0.25) is 0 Å². The normalized spacial score (nSPS) is 19.8. The molecule has 0 radical (unpaired) electrons. The van der Waals surface area contributed by atoms with Gasteiger partial charge in [0.25, 0.3) is 0 Å². The van der Waals surface area contributed by atoms with Crippen LogP contribution in [0.2, 0.25) is 0 Å². The Bertz CT molecular complexity index is 548. The summed E-state index contributed by atoms with van der Waals surface area (Å²) in [5.41, 5.74) is 1.15. The van der Waals surface area contributed by atoms with Gasteiger partial charge in [0.05, 0.1) is 6.04 Å². The molecule has 1 aliphatic rings. The fourth-order valence-corrected chi connectivity index (χ4v) is 3.80. The molecule has 0 spiro atoms. The lowest BCUT2D eigenvalue weighted by molar-refractivity contribution is 0.0982. The molecule has 1 aromatic carbocycles. The van der Waals surface area contributed by atoms with E-state index < -0.39 is 0 Å². The average Bonchev–Trinajstić information content (AvgIpc) is 3.06. The molecule has 1 heterocycles. The quantitative estimate of drug-likeness (QED) is 0.922. The number of fused-ring (bicyclic) bond motifs is 1. The Morgan fingerprint density at radius 3 is 2.50 bits per heavy atom. The zero-order valence-electron chi connectivity index (χ0n) is 12.6. The summed E-state index contributed by atoms with van der Waals surface area (Å²) in [6, 6.07) is 10.7. The van der Waals surface area contributed by atoms with Crippen LogP contribution in [0.3, 0.4) is 0 Å². The molecular weight excluding hydrogens is 248 g/mol. The summed E-state index contributed by atoms with van der Waals surface area (Å²) in [5, 5.41) is 4.70. The van der Waals surface area contributed by atoms with Gasteiger partial charge in [0, 0.05) is 10.9 Å². The van der Waals surface area contributed by atoms with E-state index in [-0.39, 0.29) is 11.6 Å². The third-order valence-electron chi connectivity index (χ3n) is 4.92. The molecule has 1 saturated carbocycles. The third-order valence-corrected chi connectivity index (χ3v) is 4.92. The Morgan fingerprint density at radius 2 is 1.90 bits per heavy atom. The average molecular weight is 272 g/mol. The first-order chi connectivity index (χ1) is 9.67. The lowest BCUT2D eigenvalue weighted by Gasteiger charge is -2.42. The molecule has 1 unspecified atom stereocenters. The van der Waals surface area contributed by atoms with Crippen molar-refractivity contribution < 1.29 is 4.42 Å². The van der Waals surface area contributed by atoms with E-state index in [1.54, 1.807) is 0 Å². The number of rotatable bonds is 4. The van der Waals surface area contributed by atoms with Gasteiger partial charge in [0.15, 0.2) is 0 Å². The molecular formula is C17H24N2O. The number of hydrogen-bond acceptors (Lipinski definition) is 3. The Morgan fingerprint density at radius 1 is 1.20 bits per heavy atom. The molecule has 20 heavy (non-hydrogen) atoms. The lowest BCUT2D eigenvalue weighted by atomic mass is 9.85. The third kappa shape index (κ3) is 2.05. The second-order valence-corrected chi connectivity index (χ2v) is 6.11. The number of benzene rings is 1. The predicted molar refractivity (Wildman–Crippen MR) is 82.9 cm³/mol. The molecule has 1 aliphatic carbocycles. The number of nitrogens with one attached hydrogen (secondary N) is 1. The number of nitrogens with zero attached hydrogens (tertiary/aromatic N) is 1. The van der Waals surface area contributed by atoms with Crippen LogP contribution in [0, 0.1) is 0 Å². The van der Waals surface area contributed by atoms with Crippen molar-refractivity contribution in [1.82, 2.24) is 10.2 Å². The highest BCUT2D eigenvalue weighted by Gasteiger charge is 2.44. The summed E-state index contributed by atoms with van der Waals surface area (Å²) in [6.07, 6.45) is 5.05. The molecule has 0 aliphatic heterocycles. The standard InChI is InChI=1S/C17H24N2O/c1-18-16(17(19(2)3)10-6-7-11-17)15-12-13-8-4-5-9-14(13)20-15/h4-5,8-9,12,16,18H,6-7,10-11H2,1-3H3. The first kappa shape index (κ1) is 13.7. The van der Waals surface area contributed by atoms with E-state index in [4.69, 9.17) is 4.42 Å². The molecule has 108 valence electrons. The summed E-state index contributed by atoms with van der Waals surface area (Å²) < 4.78 is 6.12. The molecule has 3 nitrogen and oxygen atoms in total. The van der Waals surface area contributed by atoms with Gasteiger partial charge in [-0.05, 0) is 46.1 Å². The minimum Gasteiger partial charge on any atom is -0.459 e. The molecule has 3 heteroatoms. The van der Waals surface area contributed by atoms with Crippen LogP contribution < -0.4 is 5.32 Å².